The van der Waals surface area contributed by atoms with Crippen LogP contribution in [0.5, 0.6) is 0 Å². The number of benzene rings is 9. The molecule has 1 aliphatic rings. The standard InChI is InChI=1S/C55H37N3/c1-3-14-41(15-4-1)57-53-22-12-10-20-49(53)51-35-38(25-32-54(51)57)37-23-26-43(27-24-37)56(44-28-30-47-40(34-44)33-39-13-7-8-18-46(39)47)45-29-31-50-48-19-9-11-21-52(48)58(55(50)36-45)42-16-5-2-6-17-42/h1-32,34-36H,33H2. The van der Waals surface area contributed by atoms with E-state index in [4.69, 9.17) is 0 Å². The van der Waals surface area contributed by atoms with E-state index in [0.29, 0.717) is 0 Å². The van der Waals surface area contributed by atoms with Crippen molar-refractivity contribution in [2.24, 2.45) is 0 Å². The Balaban J connectivity index is 1.01. The van der Waals surface area contributed by atoms with Crippen molar-refractivity contribution in [2.45, 2.75) is 6.42 Å². The van der Waals surface area contributed by atoms with Crippen LogP contribution >= 0.6 is 0 Å². The van der Waals surface area contributed by atoms with E-state index in [1.807, 2.05) is 0 Å². The average Bonchev–Trinajstić information content (AvgIpc) is 3.94. The molecule has 2 heterocycles. The Morgan fingerprint density at radius 3 is 1.57 bits per heavy atom. The van der Waals surface area contributed by atoms with E-state index in [9.17, 15) is 0 Å². The van der Waals surface area contributed by atoms with Crippen LogP contribution in [0.25, 0.3) is 77.2 Å². The Kier molecular flexibility index (Phi) is 7.29. The lowest BCUT2D eigenvalue weighted by Gasteiger charge is -2.27. The van der Waals surface area contributed by atoms with Gasteiger partial charge >= 0.3 is 0 Å². The summed E-state index contributed by atoms with van der Waals surface area (Å²) in [4.78, 5) is 2.43. The van der Waals surface area contributed by atoms with Gasteiger partial charge in [-0.25, -0.2) is 0 Å². The van der Waals surface area contributed by atoms with Crippen LogP contribution in [0, 0.1) is 0 Å². The first-order valence-electron chi connectivity index (χ1n) is 20.1. The Labute approximate surface area is 336 Å². The Morgan fingerprint density at radius 1 is 0.310 bits per heavy atom. The van der Waals surface area contributed by atoms with Crippen LogP contribution in [0.1, 0.15) is 11.1 Å². The van der Waals surface area contributed by atoms with Gasteiger partial charge in [0, 0.05) is 50.0 Å². The number of anilines is 3. The molecule has 0 aliphatic heterocycles. The molecule has 11 aromatic rings. The second-order valence-electron chi connectivity index (χ2n) is 15.4. The smallest absolute Gasteiger partial charge is 0.0561 e. The van der Waals surface area contributed by atoms with Crippen LogP contribution in [-0.2, 0) is 6.42 Å². The van der Waals surface area contributed by atoms with Gasteiger partial charge in [0.1, 0.15) is 0 Å². The molecule has 0 unspecified atom stereocenters. The maximum Gasteiger partial charge on any atom is 0.0561 e. The molecule has 0 saturated heterocycles. The highest BCUT2D eigenvalue weighted by molar-refractivity contribution is 6.11. The second-order valence-corrected chi connectivity index (χ2v) is 15.4. The normalized spacial score (nSPS) is 12.1. The number of hydrogen-bond acceptors (Lipinski definition) is 1. The van der Waals surface area contributed by atoms with Gasteiger partial charge in [-0.2, -0.15) is 0 Å². The molecule has 1 aliphatic carbocycles. The van der Waals surface area contributed by atoms with Crippen LogP contribution in [0.4, 0.5) is 17.1 Å². The fraction of sp³-hybridized carbons (Fsp3) is 0.0182. The van der Waals surface area contributed by atoms with Gasteiger partial charge in [0.25, 0.3) is 0 Å². The van der Waals surface area contributed by atoms with Crippen LogP contribution in [0.2, 0.25) is 0 Å². The zero-order chi connectivity index (χ0) is 38.2. The minimum atomic E-state index is 0.941. The van der Waals surface area contributed by atoms with Crippen molar-refractivity contribution in [1.29, 1.82) is 0 Å². The molecule has 3 heteroatoms. The third-order valence-corrected chi connectivity index (χ3v) is 12.1. The topological polar surface area (TPSA) is 13.1 Å². The third kappa shape index (κ3) is 5.07. The predicted molar refractivity (Wildman–Crippen MR) is 243 cm³/mol. The van der Waals surface area contributed by atoms with E-state index in [-0.39, 0.29) is 0 Å². The zero-order valence-corrected chi connectivity index (χ0v) is 31.8. The van der Waals surface area contributed by atoms with Crippen molar-refractivity contribution in [2.75, 3.05) is 4.90 Å². The van der Waals surface area contributed by atoms with Gasteiger partial charge in [-0.15, -0.1) is 0 Å². The maximum absolute atomic E-state index is 2.43. The summed E-state index contributed by atoms with van der Waals surface area (Å²) < 4.78 is 4.78. The van der Waals surface area contributed by atoms with Crippen molar-refractivity contribution < 1.29 is 0 Å². The number of hydrogen-bond donors (Lipinski definition) is 0. The summed E-state index contributed by atoms with van der Waals surface area (Å²) in [7, 11) is 0. The van der Waals surface area contributed by atoms with Crippen LogP contribution in [-0.4, -0.2) is 9.13 Å². The molecular formula is C55H37N3. The van der Waals surface area contributed by atoms with Gasteiger partial charge in [-0.05, 0) is 125 Å². The summed E-state index contributed by atoms with van der Waals surface area (Å²) in [6, 6.07) is 77.7. The van der Waals surface area contributed by atoms with E-state index in [2.05, 4.69) is 226 Å². The molecule has 272 valence electrons. The summed E-state index contributed by atoms with van der Waals surface area (Å²) in [6.07, 6.45) is 0.941. The van der Waals surface area contributed by atoms with Crippen LogP contribution in [0.15, 0.2) is 212 Å². The first kappa shape index (κ1) is 32.6. The molecule has 9 aromatic carbocycles. The highest BCUT2D eigenvalue weighted by Gasteiger charge is 2.22. The number of rotatable bonds is 6. The fourth-order valence-corrected chi connectivity index (χ4v) is 9.48. The monoisotopic (exact) mass is 739 g/mol. The quantitative estimate of drug-likeness (QED) is 0.165. The Bertz CT molecular complexity index is 3350. The minimum Gasteiger partial charge on any atom is -0.310 e. The summed E-state index contributed by atoms with van der Waals surface area (Å²) in [5.74, 6) is 0. The molecule has 0 amide bonds. The molecule has 0 bridgehead atoms. The number of para-hydroxylation sites is 4. The van der Waals surface area contributed by atoms with E-state index < -0.39 is 0 Å². The molecule has 0 saturated carbocycles. The number of fused-ring (bicyclic) bond motifs is 9. The second kappa shape index (κ2) is 13.0. The fourth-order valence-electron chi connectivity index (χ4n) is 9.48. The van der Waals surface area contributed by atoms with E-state index in [1.54, 1.807) is 0 Å². The first-order chi connectivity index (χ1) is 28.8. The average molecular weight is 740 g/mol. The molecule has 12 rings (SSSR count). The van der Waals surface area contributed by atoms with Gasteiger partial charge in [-0.3, -0.25) is 0 Å². The zero-order valence-electron chi connectivity index (χ0n) is 31.8. The van der Waals surface area contributed by atoms with Gasteiger partial charge in [0.15, 0.2) is 0 Å². The van der Waals surface area contributed by atoms with E-state index >= 15 is 0 Å². The molecule has 3 nitrogen and oxygen atoms in total. The molecule has 58 heavy (non-hydrogen) atoms. The molecule has 0 radical (unpaired) electrons. The van der Waals surface area contributed by atoms with Crippen molar-refractivity contribution in [3.8, 4) is 33.6 Å². The lowest BCUT2D eigenvalue weighted by molar-refractivity contribution is 1.18. The molecule has 0 fully saturated rings. The van der Waals surface area contributed by atoms with Gasteiger partial charge < -0.3 is 14.0 Å². The molecular weight excluding hydrogens is 703 g/mol. The van der Waals surface area contributed by atoms with Crippen LogP contribution in [0.3, 0.4) is 0 Å². The highest BCUT2D eigenvalue weighted by atomic mass is 15.1. The molecule has 0 N–H and O–H groups in total. The summed E-state index contributed by atoms with van der Waals surface area (Å²) >= 11 is 0. The molecule has 2 aromatic heterocycles. The summed E-state index contributed by atoms with van der Waals surface area (Å²) in [6.45, 7) is 0. The van der Waals surface area contributed by atoms with Gasteiger partial charge in [0.2, 0.25) is 0 Å². The van der Waals surface area contributed by atoms with Crippen molar-refractivity contribution in [1.82, 2.24) is 9.13 Å². The van der Waals surface area contributed by atoms with E-state index in [1.165, 1.54) is 82.7 Å². The first-order valence-corrected chi connectivity index (χ1v) is 20.1. The predicted octanol–water partition coefficient (Wildman–Crippen LogP) is 14.6. The SMILES string of the molecule is c1ccc(-n2c3ccccc3c3cc(-c4ccc(N(c5ccc6c(c5)Cc5ccccc5-6)c5ccc6c7ccccc7n(-c7ccccc7)c6c5)cc4)ccc32)cc1. The van der Waals surface area contributed by atoms with Crippen LogP contribution < -0.4 is 4.90 Å². The Hall–Kier alpha value is -7.62. The number of aromatic nitrogens is 2. The van der Waals surface area contributed by atoms with E-state index in [0.717, 1.165) is 29.2 Å². The van der Waals surface area contributed by atoms with Crippen molar-refractivity contribution >= 4 is 60.7 Å². The summed E-state index contributed by atoms with van der Waals surface area (Å²) in [5, 5.41) is 5.01. The van der Waals surface area contributed by atoms with Crippen molar-refractivity contribution in [3.05, 3.63) is 223 Å². The lowest BCUT2D eigenvalue weighted by atomic mass is 10.0. The lowest BCUT2D eigenvalue weighted by Crippen LogP contribution is -2.10. The minimum absolute atomic E-state index is 0.941. The van der Waals surface area contributed by atoms with Gasteiger partial charge in [-0.1, -0.05) is 127 Å². The molecule has 0 atom stereocenters. The Morgan fingerprint density at radius 2 is 0.828 bits per heavy atom. The number of nitrogens with zero attached hydrogens (tertiary/aromatic N) is 3. The van der Waals surface area contributed by atoms with Crippen molar-refractivity contribution in [3.63, 3.8) is 0 Å². The third-order valence-electron chi connectivity index (χ3n) is 12.1. The molecule has 0 spiro atoms. The largest absolute Gasteiger partial charge is 0.310 e. The van der Waals surface area contributed by atoms with Gasteiger partial charge in [0.05, 0.1) is 22.1 Å². The summed E-state index contributed by atoms with van der Waals surface area (Å²) in [5.41, 5.74) is 18.3. The maximum atomic E-state index is 2.43. The highest BCUT2D eigenvalue weighted by Crippen LogP contribution is 2.44.